The zero-order valence-electron chi connectivity index (χ0n) is 23.0. The second-order valence-corrected chi connectivity index (χ2v) is 10.2. The van der Waals surface area contributed by atoms with E-state index in [1.165, 1.54) is 16.5 Å². The van der Waals surface area contributed by atoms with Crippen LogP contribution < -0.4 is 10.1 Å². The summed E-state index contributed by atoms with van der Waals surface area (Å²) in [6.07, 6.45) is 4.86. The highest BCUT2D eigenvalue weighted by atomic mass is 16.5. The number of para-hydroxylation sites is 2. The van der Waals surface area contributed by atoms with E-state index in [0.29, 0.717) is 13.2 Å². The minimum Gasteiger partial charge on any atom is -0.493 e. The molecule has 39 heavy (non-hydrogen) atoms. The Bertz CT molecular complexity index is 1560. The normalized spacial score (nSPS) is 11.2. The van der Waals surface area contributed by atoms with Gasteiger partial charge in [-0.25, -0.2) is 4.98 Å². The van der Waals surface area contributed by atoms with Gasteiger partial charge >= 0.3 is 0 Å². The molecule has 1 heterocycles. The molecule has 1 N–H and O–H groups in total. The summed E-state index contributed by atoms with van der Waals surface area (Å²) in [6.45, 7) is 6.24. The van der Waals surface area contributed by atoms with Crippen molar-refractivity contribution in [1.82, 2.24) is 14.9 Å². The highest BCUT2D eigenvalue weighted by Gasteiger charge is 2.11. The first-order chi connectivity index (χ1) is 19.1. The number of benzene rings is 4. The molecule has 1 amide bonds. The van der Waals surface area contributed by atoms with Crippen molar-refractivity contribution >= 4 is 27.7 Å². The van der Waals surface area contributed by atoms with E-state index in [-0.39, 0.29) is 5.91 Å². The van der Waals surface area contributed by atoms with Crippen molar-refractivity contribution in [1.29, 1.82) is 0 Å². The van der Waals surface area contributed by atoms with Gasteiger partial charge < -0.3 is 14.6 Å². The van der Waals surface area contributed by atoms with Crippen LogP contribution in [0.1, 0.15) is 53.0 Å². The van der Waals surface area contributed by atoms with Crippen molar-refractivity contribution in [2.24, 2.45) is 0 Å². The van der Waals surface area contributed by atoms with Crippen LogP contribution >= 0.6 is 0 Å². The molecule has 4 aromatic carbocycles. The summed E-state index contributed by atoms with van der Waals surface area (Å²) >= 11 is 0. The Morgan fingerprint density at radius 3 is 2.59 bits per heavy atom. The van der Waals surface area contributed by atoms with Crippen LogP contribution in [0, 0.1) is 13.8 Å². The topological polar surface area (TPSA) is 56.2 Å². The fraction of sp³-hybridized carbons (Fsp3) is 0.294. The second-order valence-electron chi connectivity index (χ2n) is 10.2. The molecule has 0 aliphatic rings. The molecule has 0 unspecified atom stereocenters. The van der Waals surface area contributed by atoms with Crippen molar-refractivity contribution in [3.05, 3.63) is 107 Å². The number of hydrogen-bond donors (Lipinski definition) is 1. The van der Waals surface area contributed by atoms with Crippen LogP contribution in [0.4, 0.5) is 0 Å². The Labute approximate surface area is 230 Å². The van der Waals surface area contributed by atoms with Gasteiger partial charge in [0.05, 0.1) is 17.6 Å². The third-order valence-electron chi connectivity index (χ3n) is 7.26. The van der Waals surface area contributed by atoms with Gasteiger partial charge in [-0.2, -0.15) is 0 Å². The molecule has 5 nitrogen and oxygen atoms in total. The van der Waals surface area contributed by atoms with Gasteiger partial charge in [0.15, 0.2) is 0 Å². The van der Waals surface area contributed by atoms with Crippen molar-refractivity contribution in [2.45, 2.75) is 52.5 Å². The number of nitrogens with zero attached hydrogens (tertiary/aromatic N) is 2. The maximum Gasteiger partial charge on any atom is 0.251 e. The summed E-state index contributed by atoms with van der Waals surface area (Å²) in [7, 11) is 0. The Morgan fingerprint density at radius 1 is 0.872 bits per heavy atom. The van der Waals surface area contributed by atoms with Crippen LogP contribution in [-0.4, -0.2) is 28.6 Å². The summed E-state index contributed by atoms with van der Waals surface area (Å²) in [5, 5.41) is 5.42. The molecule has 5 rings (SSSR count). The van der Waals surface area contributed by atoms with Crippen LogP contribution in [0.15, 0.2) is 84.9 Å². The van der Waals surface area contributed by atoms with Gasteiger partial charge in [-0.05, 0) is 68.3 Å². The Morgan fingerprint density at radius 2 is 1.69 bits per heavy atom. The van der Waals surface area contributed by atoms with E-state index < -0.39 is 0 Å². The lowest BCUT2D eigenvalue weighted by atomic mass is 10.1. The van der Waals surface area contributed by atoms with Crippen LogP contribution in [0.25, 0.3) is 21.8 Å². The highest BCUT2D eigenvalue weighted by molar-refractivity contribution is 5.95. The summed E-state index contributed by atoms with van der Waals surface area (Å²) in [6, 6.07) is 28.9. The maximum absolute atomic E-state index is 12.5. The van der Waals surface area contributed by atoms with Gasteiger partial charge in [0.1, 0.15) is 11.6 Å². The maximum atomic E-state index is 12.5. The standard InChI is InChI=1S/C34H37N3O2/c1-25-19-20-28(26(2)24-25)34(38)35-21-9-3-4-18-33-36-30-15-7-8-16-31(30)37(33)22-11-23-39-32-17-10-13-27-12-5-6-14-29(27)32/h5-8,10,12-17,19-20,24H,3-4,9,11,18,21-23H2,1-2H3,(H,35,38). The summed E-state index contributed by atoms with van der Waals surface area (Å²) < 4.78 is 8.54. The third-order valence-corrected chi connectivity index (χ3v) is 7.26. The predicted molar refractivity (Wildman–Crippen MR) is 160 cm³/mol. The molecular formula is C34H37N3O2. The Kier molecular flexibility index (Phi) is 8.57. The zero-order valence-corrected chi connectivity index (χ0v) is 23.0. The smallest absolute Gasteiger partial charge is 0.251 e. The molecule has 5 aromatic rings. The van der Waals surface area contributed by atoms with Crippen LogP contribution in [0.2, 0.25) is 0 Å². The lowest BCUT2D eigenvalue weighted by Gasteiger charge is -2.12. The molecule has 0 saturated carbocycles. The minimum atomic E-state index is 0.0139. The van der Waals surface area contributed by atoms with Crippen LogP contribution in [0.5, 0.6) is 5.75 Å². The number of carbonyl (C=O) groups is 1. The quantitative estimate of drug-likeness (QED) is 0.175. The van der Waals surface area contributed by atoms with Crippen LogP contribution in [0.3, 0.4) is 0 Å². The average molecular weight is 520 g/mol. The van der Waals surface area contributed by atoms with E-state index in [4.69, 9.17) is 9.72 Å². The van der Waals surface area contributed by atoms with Gasteiger partial charge in [0.2, 0.25) is 0 Å². The first kappa shape index (κ1) is 26.5. The summed E-state index contributed by atoms with van der Waals surface area (Å²) in [5.74, 6) is 2.08. The highest BCUT2D eigenvalue weighted by Crippen LogP contribution is 2.25. The van der Waals surface area contributed by atoms with E-state index in [1.54, 1.807) is 0 Å². The van der Waals surface area contributed by atoms with Crippen molar-refractivity contribution in [2.75, 3.05) is 13.2 Å². The van der Waals surface area contributed by atoms with E-state index in [2.05, 4.69) is 64.5 Å². The Hall–Kier alpha value is -4.12. The van der Waals surface area contributed by atoms with Gasteiger partial charge in [-0.15, -0.1) is 0 Å². The number of imidazole rings is 1. The lowest BCUT2D eigenvalue weighted by Crippen LogP contribution is -2.25. The molecule has 0 fully saturated rings. The Balaban J connectivity index is 1.12. The fourth-order valence-corrected chi connectivity index (χ4v) is 5.24. The minimum absolute atomic E-state index is 0.0139. The molecule has 0 atom stereocenters. The van der Waals surface area contributed by atoms with Crippen LogP contribution in [-0.2, 0) is 13.0 Å². The molecule has 0 spiro atoms. The second kappa shape index (κ2) is 12.6. The summed E-state index contributed by atoms with van der Waals surface area (Å²) in [5.41, 5.74) is 5.18. The number of amides is 1. The number of carbonyl (C=O) groups excluding carboxylic acids is 1. The molecule has 1 aromatic heterocycles. The zero-order chi connectivity index (χ0) is 27.0. The van der Waals surface area contributed by atoms with Crippen molar-refractivity contribution < 1.29 is 9.53 Å². The summed E-state index contributed by atoms with van der Waals surface area (Å²) in [4.78, 5) is 17.5. The number of ether oxygens (including phenoxy) is 1. The monoisotopic (exact) mass is 519 g/mol. The average Bonchev–Trinajstić information content (AvgIpc) is 3.30. The SMILES string of the molecule is Cc1ccc(C(=O)NCCCCCc2nc3ccccc3n2CCCOc2cccc3ccccc23)c(C)c1. The number of unbranched alkanes of at least 4 members (excludes halogenated alkanes) is 2. The van der Waals surface area contributed by atoms with Gasteiger partial charge in [0, 0.05) is 30.5 Å². The van der Waals surface area contributed by atoms with E-state index in [0.717, 1.165) is 72.3 Å². The predicted octanol–water partition coefficient (Wildman–Crippen LogP) is 7.42. The molecule has 0 aliphatic heterocycles. The number of nitrogens with one attached hydrogen (secondary N) is 1. The van der Waals surface area contributed by atoms with Gasteiger partial charge in [-0.1, -0.05) is 72.6 Å². The lowest BCUT2D eigenvalue weighted by molar-refractivity contribution is 0.0952. The number of hydrogen-bond acceptors (Lipinski definition) is 3. The number of aromatic nitrogens is 2. The largest absolute Gasteiger partial charge is 0.493 e. The molecular weight excluding hydrogens is 482 g/mol. The van der Waals surface area contributed by atoms with E-state index in [1.807, 2.05) is 44.2 Å². The van der Waals surface area contributed by atoms with E-state index in [9.17, 15) is 4.79 Å². The van der Waals surface area contributed by atoms with E-state index >= 15 is 0 Å². The molecule has 0 radical (unpaired) electrons. The number of rotatable bonds is 12. The third kappa shape index (κ3) is 6.48. The molecule has 0 saturated heterocycles. The van der Waals surface area contributed by atoms with Crippen molar-refractivity contribution in [3.63, 3.8) is 0 Å². The fourth-order valence-electron chi connectivity index (χ4n) is 5.24. The number of aryl methyl sites for hydroxylation is 4. The van der Waals surface area contributed by atoms with Gasteiger partial charge in [-0.3, -0.25) is 4.79 Å². The molecule has 200 valence electrons. The number of fused-ring (bicyclic) bond motifs is 2. The molecule has 0 bridgehead atoms. The first-order valence-electron chi connectivity index (χ1n) is 14.0. The first-order valence-corrected chi connectivity index (χ1v) is 14.0. The van der Waals surface area contributed by atoms with Gasteiger partial charge in [0.25, 0.3) is 5.91 Å². The molecule has 0 aliphatic carbocycles. The van der Waals surface area contributed by atoms with Crippen molar-refractivity contribution in [3.8, 4) is 5.75 Å². The molecule has 5 heteroatoms.